The van der Waals surface area contributed by atoms with Gasteiger partial charge < -0.3 is 10.5 Å². The Morgan fingerprint density at radius 3 is 2.57 bits per heavy atom. The van der Waals surface area contributed by atoms with Gasteiger partial charge in [-0.1, -0.05) is 30.3 Å². The first-order chi connectivity index (χ1) is 6.72. The Balaban J connectivity index is 2.53. The summed E-state index contributed by atoms with van der Waals surface area (Å²) in [6, 6.07) is 9.90. The van der Waals surface area contributed by atoms with Crippen LogP contribution in [0.25, 0.3) is 0 Å². The molecule has 0 bridgehead atoms. The second kappa shape index (κ2) is 5.40. The van der Waals surface area contributed by atoms with E-state index >= 15 is 0 Å². The fraction of sp³-hybridized carbons (Fsp3) is 0.364. The van der Waals surface area contributed by atoms with E-state index in [0.29, 0.717) is 0 Å². The first-order valence-electron chi connectivity index (χ1n) is 4.57. The summed E-state index contributed by atoms with van der Waals surface area (Å²) in [7, 11) is 1.59. The van der Waals surface area contributed by atoms with E-state index in [1.54, 1.807) is 7.11 Å². The summed E-state index contributed by atoms with van der Waals surface area (Å²) in [4.78, 5) is 10.7. The van der Waals surface area contributed by atoms with E-state index in [-0.39, 0.29) is 18.4 Å². The van der Waals surface area contributed by atoms with Crippen LogP contribution in [0.4, 0.5) is 0 Å². The third-order valence-electron chi connectivity index (χ3n) is 2.07. The zero-order valence-electron chi connectivity index (χ0n) is 8.27. The molecule has 1 aromatic carbocycles. The minimum absolute atomic E-state index is 0.116. The van der Waals surface area contributed by atoms with Gasteiger partial charge in [-0.2, -0.15) is 0 Å². The highest BCUT2D eigenvalue weighted by Gasteiger charge is 2.11. The topological polar surface area (TPSA) is 52.3 Å². The van der Waals surface area contributed by atoms with Crippen molar-refractivity contribution in [2.45, 2.75) is 18.9 Å². The fourth-order valence-corrected chi connectivity index (χ4v) is 1.34. The van der Waals surface area contributed by atoms with Crippen LogP contribution in [-0.2, 0) is 16.0 Å². The molecule has 2 N–H and O–H groups in total. The zero-order chi connectivity index (χ0) is 10.4. The SMILES string of the molecule is COC(CC(N)=O)Cc1ccccc1. The van der Waals surface area contributed by atoms with E-state index in [4.69, 9.17) is 10.5 Å². The Morgan fingerprint density at radius 2 is 2.07 bits per heavy atom. The van der Waals surface area contributed by atoms with Crippen molar-refractivity contribution in [2.24, 2.45) is 5.73 Å². The second-order valence-corrected chi connectivity index (χ2v) is 3.22. The maximum atomic E-state index is 10.7. The molecule has 0 aliphatic carbocycles. The molecule has 1 amide bonds. The van der Waals surface area contributed by atoms with Crippen molar-refractivity contribution in [3.05, 3.63) is 35.9 Å². The molecule has 0 fully saturated rings. The Hall–Kier alpha value is -1.35. The third kappa shape index (κ3) is 3.58. The van der Waals surface area contributed by atoms with E-state index in [9.17, 15) is 4.79 Å². The molecule has 76 valence electrons. The van der Waals surface area contributed by atoms with E-state index < -0.39 is 0 Å². The van der Waals surface area contributed by atoms with Gasteiger partial charge in [-0.15, -0.1) is 0 Å². The van der Waals surface area contributed by atoms with Crippen molar-refractivity contribution in [3.8, 4) is 0 Å². The molecule has 14 heavy (non-hydrogen) atoms. The van der Waals surface area contributed by atoms with Gasteiger partial charge in [-0.3, -0.25) is 4.79 Å². The standard InChI is InChI=1S/C11H15NO2/c1-14-10(8-11(12)13)7-9-5-3-2-4-6-9/h2-6,10H,7-8H2,1H3,(H2,12,13). The number of benzene rings is 1. The highest BCUT2D eigenvalue weighted by molar-refractivity contribution is 5.74. The van der Waals surface area contributed by atoms with Crippen LogP contribution >= 0.6 is 0 Å². The maximum absolute atomic E-state index is 10.7. The monoisotopic (exact) mass is 193 g/mol. The van der Waals surface area contributed by atoms with Crippen molar-refractivity contribution in [2.75, 3.05) is 7.11 Å². The molecular weight excluding hydrogens is 178 g/mol. The number of rotatable bonds is 5. The van der Waals surface area contributed by atoms with E-state index in [1.807, 2.05) is 30.3 Å². The molecule has 1 rings (SSSR count). The van der Waals surface area contributed by atoms with Crippen LogP contribution in [0.1, 0.15) is 12.0 Å². The number of primary amides is 1. The van der Waals surface area contributed by atoms with Gasteiger partial charge in [0.15, 0.2) is 0 Å². The predicted molar refractivity (Wildman–Crippen MR) is 54.8 cm³/mol. The van der Waals surface area contributed by atoms with Gasteiger partial charge >= 0.3 is 0 Å². The minimum Gasteiger partial charge on any atom is -0.381 e. The van der Waals surface area contributed by atoms with Crippen molar-refractivity contribution < 1.29 is 9.53 Å². The van der Waals surface area contributed by atoms with Crippen molar-refractivity contribution >= 4 is 5.91 Å². The van der Waals surface area contributed by atoms with Gasteiger partial charge in [0.2, 0.25) is 5.91 Å². The summed E-state index contributed by atoms with van der Waals surface area (Å²) in [6.45, 7) is 0. The smallest absolute Gasteiger partial charge is 0.220 e. The molecule has 0 heterocycles. The molecule has 0 saturated heterocycles. The number of hydrogen-bond acceptors (Lipinski definition) is 2. The lowest BCUT2D eigenvalue weighted by atomic mass is 10.1. The van der Waals surface area contributed by atoms with Gasteiger partial charge in [-0.05, 0) is 12.0 Å². The fourth-order valence-electron chi connectivity index (χ4n) is 1.34. The molecule has 1 aromatic rings. The highest BCUT2D eigenvalue weighted by atomic mass is 16.5. The molecule has 3 heteroatoms. The van der Waals surface area contributed by atoms with Crippen LogP contribution in [-0.4, -0.2) is 19.1 Å². The highest BCUT2D eigenvalue weighted by Crippen LogP contribution is 2.07. The first-order valence-corrected chi connectivity index (χ1v) is 4.57. The summed E-state index contributed by atoms with van der Waals surface area (Å²) in [5.74, 6) is -0.326. The minimum atomic E-state index is -0.326. The van der Waals surface area contributed by atoms with Crippen LogP contribution in [0.2, 0.25) is 0 Å². The second-order valence-electron chi connectivity index (χ2n) is 3.22. The molecule has 0 spiro atoms. The van der Waals surface area contributed by atoms with E-state index in [1.165, 1.54) is 0 Å². The van der Waals surface area contributed by atoms with Gasteiger partial charge in [0.05, 0.1) is 12.5 Å². The van der Waals surface area contributed by atoms with Crippen molar-refractivity contribution in [3.63, 3.8) is 0 Å². The molecule has 0 saturated carbocycles. The Kier molecular flexibility index (Phi) is 4.13. The number of amides is 1. The summed E-state index contributed by atoms with van der Waals surface area (Å²) < 4.78 is 5.16. The summed E-state index contributed by atoms with van der Waals surface area (Å²) in [6.07, 6.45) is 0.876. The largest absolute Gasteiger partial charge is 0.381 e. The van der Waals surface area contributed by atoms with Gasteiger partial charge in [0.1, 0.15) is 0 Å². The van der Waals surface area contributed by atoms with E-state index in [2.05, 4.69) is 0 Å². The number of nitrogens with two attached hydrogens (primary N) is 1. The lowest BCUT2D eigenvalue weighted by Gasteiger charge is -2.12. The molecule has 0 aromatic heterocycles. The molecular formula is C11H15NO2. The van der Waals surface area contributed by atoms with Crippen molar-refractivity contribution in [1.82, 2.24) is 0 Å². The predicted octanol–water partition coefficient (Wildman–Crippen LogP) is 1.12. The lowest BCUT2D eigenvalue weighted by molar-refractivity contribution is -0.120. The average molecular weight is 193 g/mol. The third-order valence-corrected chi connectivity index (χ3v) is 2.07. The van der Waals surface area contributed by atoms with Crippen LogP contribution in [0.5, 0.6) is 0 Å². The molecule has 0 aliphatic rings. The van der Waals surface area contributed by atoms with Gasteiger partial charge in [0.25, 0.3) is 0 Å². The van der Waals surface area contributed by atoms with Crippen molar-refractivity contribution in [1.29, 1.82) is 0 Å². The average Bonchev–Trinajstić information content (AvgIpc) is 2.17. The zero-order valence-corrected chi connectivity index (χ0v) is 8.27. The van der Waals surface area contributed by atoms with Crippen LogP contribution < -0.4 is 5.73 Å². The molecule has 1 unspecified atom stereocenters. The summed E-state index contributed by atoms with van der Waals surface area (Å²) >= 11 is 0. The quantitative estimate of drug-likeness (QED) is 0.761. The Morgan fingerprint density at radius 1 is 1.43 bits per heavy atom. The molecule has 0 aliphatic heterocycles. The Bertz CT molecular complexity index is 285. The van der Waals surface area contributed by atoms with E-state index in [0.717, 1.165) is 12.0 Å². The molecule has 0 radical (unpaired) electrons. The van der Waals surface area contributed by atoms with Gasteiger partial charge in [-0.25, -0.2) is 0 Å². The van der Waals surface area contributed by atoms with Crippen LogP contribution in [0.3, 0.4) is 0 Å². The first kappa shape index (κ1) is 10.7. The summed E-state index contributed by atoms with van der Waals surface area (Å²) in [5.41, 5.74) is 6.26. The van der Waals surface area contributed by atoms with Crippen LogP contribution in [0.15, 0.2) is 30.3 Å². The van der Waals surface area contributed by atoms with Gasteiger partial charge in [0, 0.05) is 7.11 Å². The summed E-state index contributed by atoms with van der Waals surface area (Å²) in [5, 5.41) is 0. The normalized spacial score (nSPS) is 12.4. The number of ether oxygens (including phenoxy) is 1. The lowest BCUT2D eigenvalue weighted by Crippen LogP contribution is -2.23. The number of hydrogen-bond donors (Lipinski definition) is 1. The Labute approximate surface area is 83.9 Å². The number of carbonyl (C=O) groups excluding carboxylic acids is 1. The number of carbonyl (C=O) groups is 1. The molecule has 3 nitrogen and oxygen atoms in total. The molecule has 1 atom stereocenters. The maximum Gasteiger partial charge on any atom is 0.220 e. The number of methoxy groups -OCH3 is 1. The van der Waals surface area contributed by atoms with Crippen LogP contribution in [0, 0.1) is 0 Å².